The summed E-state index contributed by atoms with van der Waals surface area (Å²) in [6.45, 7) is 2.10. The molecule has 0 aliphatic rings. The maximum atomic E-state index is 11.6. The molecule has 0 radical (unpaired) electrons. The molecular formula is C14H13N3O. The first-order valence-corrected chi connectivity index (χ1v) is 5.70. The Labute approximate surface area is 105 Å². The predicted molar refractivity (Wildman–Crippen MR) is 68.0 cm³/mol. The van der Waals surface area contributed by atoms with Gasteiger partial charge in [0.1, 0.15) is 0 Å². The van der Waals surface area contributed by atoms with Crippen LogP contribution in [0.4, 0.5) is 0 Å². The van der Waals surface area contributed by atoms with Crippen LogP contribution in [0.3, 0.4) is 0 Å². The van der Waals surface area contributed by atoms with Crippen LogP contribution in [-0.4, -0.2) is 9.78 Å². The van der Waals surface area contributed by atoms with E-state index in [0.717, 1.165) is 11.3 Å². The number of benzene rings is 1. The maximum Gasteiger partial charge on any atom is 0.266 e. The van der Waals surface area contributed by atoms with Crippen LogP contribution in [0.5, 0.6) is 0 Å². The molecule has 1 aromatic carbocycles. The molecule has 4 nitrogen and oxygen atoms in total. The quantitative estimate of drug-likeness (QED) is 0.821. The molecule has 2 aromatic rings. The number of aryl methyl sites for hydroxylation is 1. The Morgan fingerprint density at radius 1 is 1.28 bits per heavy atom. The summed E-state index contributed by atoms with van der Waals surface area (Å²) in [5.41, 5.74) is 1.48. The van der Waals surface area contributed by atoms with Gasteiger partial charge in [0.05, 0.1) is 24.2 Å². The highest BCUT2D eigenvalue weighted by atomic mass is 16.1. The molecule has 0 aliphatic heterocycles. The molecule has 18 heavy (non-hydrogen) atoms. The minimum atomic E-state index is -0.363. The minimum absolute atomic E-state index is 0.184. The van der Waals surface area contributed by atoms with Gasteiger partial charge in [-0.25, -0.2) is 4.68 Å². The van der Waals surface area contributed by atoms with Crippen molar-refractivity contribution in [3.63, 3.8) is 0 Å². The van der Waals surface area contributed by atoms with Crippen molar-refractivity contribution < 1.29 is 0 Å². The number of hydrogen-bond acceptors (Lipinski definition) is 3. The molecule has 2 rings (SSSR count). The number of nitriles is 1. The first kappa shape index (κ1) is 12.1. The highest BCUT2D eigenvalue weighted by Crippen LogP contribution is 2.15. The van der Waals surface area contributed by atoms with Gasteiger partial charge in [-0.3, -0.25) is 4.79 Å². The Morgan fingerprint density at radius 3 is 2.67 bits per heavy atom. The van der Waals surface area contributed by atoms with Gasteiger partial charge in [0, 0.05) is 6.07 Å². The van der Waals surface area contributed by atoms with Crippen molar-refractivity contribution in [2.75, 3.05) is 0 Å². The Morgan fingerprint density at radius 2 is 2.00 bits per heavy atom. The molecular weight excluding hydrogens is 226 g/mol. The van der Waals surface area contributed by atoms with E-state index < -0.39 is 0 Å². The Balaban J connectivity index is 2.30. The molecule has 0 aliphatic carbocycles. The topological polar surface area (TPSA) is 58.7 Å². The van der Waals surface area contributed by atoms with Crippen molar-refractivity contribution >= 4 is 0 Å². The number of aromatic nitrogens is 2. The van der Waals surface area contributed by atoms with Gasteiger partial charge in [-0.15, -0.1) is 0 Å². The molecule has 0 spiro atoms. The van der Waals surface area contributed by atoms with Crippen molar-refractivity contribution in [2.45, 2.75) is 19.4 Å². The Hall–Kier alpha value is -2.41. The third-order valence-electron chi connectivity index (χ3n) is 2.71. The molecule has 1 heterocycles. The van der Waals surface area contributed by atoms with Gasteiger partial charge in [0.2, 0.25) is 0 Å². The van der Waals surface area contributed by atoms with Crippen LogP contribution >= 0.6 is 0 Å². The third-order valence-corrected chi connectivity index (χ3v) is 2.71. The lowest BCUT2D eigenvalue weighted by Gasteiger charge is -2.10. The Kier molecular flexibility index (Phi) is 3.54. The van der Waals surface area contributed by atoms with E-state index in [9.17, 15) is 10.1 Å². The molecule has 0 saturated carbocycles. The highest BCUT2D eigenvalue weighted by Gasteiger charge is 2.12. The average Bonchev–Trinajstić information content (AvgIpc) is 2.41. The SMILES string of the molecule is Cc1ccc(=O)n(CC(C#N)c2ccccc2)n1. The lowest BCUT2D eigenvalue weighted by atomic mass is 10.0. The van der Waals surface area contributed by atoms with Gasteiger partial charge in [0.25, 0.3) is 5.56 Å². The van der Waals surface area contributed by atoms with Gasteiger partial charge in [-0.2, -0.15) is 10.4 Å². The van der Waals surface area contributed by atoms with E-state index in [-0.39, 0.29) is 18.0 Å². The smallest absolute Gasteiger partial charge is 0.266 e. The third kappa shape index (κ3) is 2.64. The minimum Gasteiger partial charge on any atom is -0.268 e. The van der Waals surface area contributed by atoms with Crippen molar-refractivity contribution in [3.05, 3.63) is 64.1 Å². The molecule has 0 N–H and O–H groups in total. The monoisotopic (exact) mass is 239 g/mol. The normalized spacial score (nSPS) is 11.8. The number of rotatable bonds is 3. The molecule has 1 unspecified atom stereocenters. The summed E-state index contributed by atoms with van der Waals surface area (Å²) in [6.07, 6.45) is 0. The number of hydrogen-bond donors (Lipinski definition) is 0. The van der Waals surface area contributed by atoms with E-state index in [0.29, 0.717) is 0 Å². The van der Waals surface area contributed by atoms with Crippen LogP contribution in [0.2, 0.25) is 0 Å². The fourth-order valence-corrected chi connectivity index (χ4v) is 1.76. The standard InChI is InChI=1S/C14H13N3O/c1-11-7-8-14(18)17(16-11)10-13(9-15)12-5-3-2-4-6-12/h2-8,13H,10H2,1H3. The zero-order chi connectivity index (χ0) is 13.0. The van der Waals surface area contributed by atoms with Crippen LogP contribution in [0.15, 0.2) is 47.3 Å². The summed E-state index contributed by atoms with van der Waals surface area (Å²) in [4.78, 5) is 11.6. The fourth-order valence-electron chi connectivity index (χ4n) is 1.76. The van der Waals surface area contributed by atoms with Gasteiger partial charge >= 0.3 is 0 Å². The predicted octanol–water partition coefficient (Wildman–Crippen LogP) is 1.86. The van der Waals surface area contributed by atoms with Crippen LogP contribution in [-0.2, 0) is 6.54 Å². The number of nitrogens with zero attached hydrogens (tertiary/aromatic N) is 3. The van der Waals surface area contributed by atoms with Crippen molar-refractivity contribution in [2.24, 2.45) is 0 Å². The molecule has 0 amide bonds. The second-order valence-electron chi connectivity index (χ2n) is 4.09. The molecule has 4 heteroatoms. The van der Waals surface area contributed by atoms with E-state index in [1.54, 1.807) is 6.07 Å². The van der Waals surface area contributed by atoms with Crippen molar-refractivity contribution in [3.8, 4) is 6.07 Å². The summed E-state index contributed by atoms with van der Waals surface area (Å²) in [5.74, 6) is -0.363. The Bertz CT molecular complexity index is 625. The van der Waals surface area contributed by atoms with Gasteiger partial charge in [0.15, 0.2) is 0 Å². The van der Waals surface area contributed by atoms with Crippen LogP contribution < -0.4 is 5.56 Å². The van der Waals surface area contributed by atoms with Gasteiger partial charge in [-0.1, -0.05) is 30.3 Å². The molecule has 0 fully saturated rings. The molecule has 90 valence electrons. The lowest BCUT2D eigenvalue weighted by molar-refractivity contribution is 0.541. The second kappa shape index (κ2) is 5.28. The summed E-state index contributed by atoms with van der Waals surface area (Å²) in [7, 11) is 0. The summed E-state index contributed by atoms with van der Waals surface area (Å²) < 4.78 is 1.34. The maximum absolute atomic E-state index is 11.6. The van der Waals surface area contributed by atoms with E-state index in [1.165, 1.54) is 10.7 Å². The lowest BCUT2D eigenvalue weighted by Crippen LogP contribution is -2.25. The molecule has 1 aromatic heterocycles. The van der Waals surface area contributed by atoms with Crippen LogP contribution in [0.25, 0.3) is 0 Å². The largest absolute Gasteiger partial charge is 0.268 e. The van der Waals surface area contributed by atoms with E-state index >= 15 is 0 Å². The first-order valence-electron chi connectivity index (χ1n) is 5.70. The zero-order valence-electron chi connectivity index (χ0n) is 10.1. The fraction of sp³-hybridized carbons (Fsp3) is 0.214. The van der Waals surface area contributed by atoms with E-state index in [2.05, 4.69) is 11.2 Å². The van der Waals surface area contributed by atoms with Gasteiger partial charge < -0.3 is 0 Å². The van der Waals surface area contributed by atoms with E-state index in [1.807, 2.05) is 37.3 Å². The summed E-state index contributed by atoms with van der Waals surface area (Å²) >= 11 is 0. The zero-order valence-corrected chi connectivity index (χ0v) is 10.1. The summed E-state index contributed by atoms with van der Waals surface area (Å²) in [6, 6.07) is 14.8. The van der Waals surface area contributed by atoms with Crippen molar-refractivity contribution in [1.82, 2.24) is 9.78 Å². The molecule has 0 saturated heterocycles. The molecule has 0 bridgehead atoms. The van der Waals surface area contributed by atoms with Crippen molar-refractivity contribution in [1.29, 1.82) is 5.26 Å². The molecule has 1 atom stereocenters. The van der Waals surface area contributed by atoms with Gasteiger partial charge in [-0.05, 0) is 18.6 Å². The first-order chi connectivity index (χ1) is 8.70. The summed E-state index contributed by atoms with van der Waals surface area (Å²) in [5, 5.41) is 13.3. The van der Waals surface area contributed by atoms with Crippen LogP contribution in [0.1, 0.15) is 17.2 Å². The second-order valence-corrected chi connectivity index (χ2v) is 4.09. The van der Waals surface area contributed by atoms with Crippen LogP contribution in [0, 0.1) is 18.3 Å². The highest BCUT2D eigenvalue weighted by molar-refractivity contribution is 5.24. The van der Waals surface area contributed by atoms with E-state index in [4.69, 9.17) is 0 Å². The average molecular weight is 239 g/mol.